The third-order valence-corrected chi connectivity index (χ3v) is 4.04. The zero-order chi connectivity index (χ0) is 18.4. The van der Waals surface area contributed by atoms with Crippen LogP contribution in [0.2, 0.25) is 0 Å². The van der Waals surface area contributed by atoms with E-state index in [2.05, 4.69) is 5.32 Å². The molecule has 25 heavy (non-hydrogen) atoms. The van der Waals surface area contributed by atoms with Crippen molar-refractivity contribution in [2.75, 3.05) is 13.2 Å². The molecule has 0 bridgehead atoms. The average Bonchev–Trinajstić information content (AvgIpc) is 2.60. The number of carbonyl (C=O) groups is 2. The molecule has 0 spiro atoms. The highest BCUT2D eigenvalue weighted by atomic mass is 19.1. The Bertz CT molecular complexity index is 754. The minimum Gasteiger partial charge on any atom is -0.396 e. The number of hydrogen-bond acceptors (Lipinski definition) is 3. The van der Waals surface area contributed by atoms with Crippen molar-refractivity contribution in [3.63, 3.8) is 0 Å². The van der Waals surface area contributed by atoms with E-state index in [0.717, 1.165) is 0 Å². The summed E-state index contributed by atoms with van der Waals surface area (Å²) in [6, 6.07) is 11.8. The summed E-state index contributed by atoms with van der Waals surface area (Å²) >= 11 is 0. The summed E-state index contributed by atoms with van der Waals surface area (Å²) in [4.78, 5) is 25.2. The molecule has 0 fully saturated rings. The van der Waals surface area contributed by atoms with Crippen LogP contribution in [0.3, 0.4) is 0 Å². The number of amides is 1. The molecule has 0 saturated carbocycles. The number of halogens is 1. The number of ketones is 1. The van der Waals surface area contributed by atoms with E-state index in [1.165, 1.54) is 24.3 Å². The van der Waals surface area contributed by atoms with Gasteiger partial charge in [-0.2, -0.15) is 0 Å². The molecule has 0 radical (unpaired) electrons. The Morgan fingerprint density at radius 2 is 1.64 bits per heavy atom. The lowest BCUT2D eigenvalue weighted by atomic mass is 9.89. The molecule has 0 heterocycles. The van der Waals surface area contributed by atoms with Crippen molar-refractivity contribution in [1.82, 2.24) is 5.32 Å². The molecule has 0 unspecified atom stereocenters. The first-order valence-electron chi connectivity index (χ1n) is 8.12. The normalized spacial score (nSPS) is 11.2. The van der Waals surface area contributed by atoms with Gasteiger partial charge >= 0.3 is 0 Å². The third-order valence-electron chi connectivity index (χ3n) is 4.04. The molecule has 0 atom stereocenters. The number of aliphatic hydroxyl groups excluding tert-OH is 1. The molecule has 2 rings (SSSR count). The van der Waals surface area contributed by atoms with Crippen LogP contribution in [0.15, 0.2) is 48.5 Å². The van der Waals surface area contributed by atoms with Gasteiger partial charge < -0.3 is 10.4 Å². The lowest BCUT2D eigenvalue weighted by Gasteiger charge is -2.24. The van der Waals surface area contributed by atoms with E-state index >= 15 is 0 Å². The highest BCUT2D eigenvalue weighted by Gasteiger charge is 2.21. The van der Waals surface area contributed by atoms with Crippen LogP contribution in [-0.4, -0.2) is 29.9 Å². The molecule has 0 aliphatic heterocycles. The monoisotopic (exact) mass is 343 g/mol. The fraction of sp³-hybridized carbons (Fsp3) is 0.300. The standard InChI is InChI=1S/C20H22FNO3/c1-20(2,11-12-23)13-22-19(25)17-6-4-3-5-16(17)18(24)14-7-9-15(21)10-8-14/h3-10,23H,11-13H2,1-2H3,(H,22,25). The van der Waals surface area contributed by atoms with Crippen molar-refractivity contribution < 1.29 is 19.1 Å². The van der Waals surface area contributed by atoms with Gasteiger partial charge in [0.05, 0.1) is 5.56 Å². The quantitative estimate of drug-likeness (QED) is 0.759. The minimum atomic E-state index is -0.423. The number of carbonyl (C=O) groups excluding carboxylic acids is 2. The Kier molecular flexibility index (Phi) is 6.04. The van der Waals surface area contributed by atoms with E-state index in [9.17, 15) is 14.0 Å². The van der Waals surface area contributed by atoms with Crippen LogP contribution in [0, 0.1) is 11.2 Å². The number of nitrogens with one attached hydrogen (secondary N) is 1. The predicted molar refractivity (Wildman–Crippen MR) is 94.1 cm³/mol. The molecule has 0 aliphatic carbocycles. The maximum Gasteiger partial charge on any atom is 0.252 e. The Morgan fingerprint density at radius 1 is 1.04 bits per heavy atom. The van der Waals surface area contributed by atoms with E-state index in [1.807, 2.05) is 13.8 Å². The maximum absolute atomic E-state index is 13.0. The molecule has 0 saturated heterocycles. The Hall–Kier alpha value is -2.53. The van der Waals surface area contributed by atoms with Gasteiger partial charge in [0, 0.05) is 24.3 Å². The molecular formula is C20H22FNO3. The number of aliphatic hydroxyl groups is 1. The molecule has 4 nitrogen and oxygen atoms in total. The van der Waals surface area contributed by atoms with Crippen molar-refractivity contribution in [1.29, 1.82) is 0 Å². The summed E-state index contributed by atoms with van der Waals surface area (Å²) in [5.74, 6) is -1.11. The third kappa shape index (κ3) is 4.97. The largest absolute Gasteiger partial charge is 0.396 e. The minimum absolute atomic E-state index is 0.0442. The van der Waals surface area contributed by atoms with E-state index in [4.69, 9.17) is 5.11 Å². The van der Waals surface area contributed by atoms with Gasteiger partial charge in [0.15, 0.2) is 5.78 Å². The first-order valence-corrected chi connectivity index (χ1v) is 8.12. The molecule has 2 N–H and O–H groups in total. The number of hydrogen-bond donors (Lipinski definition) is 2. The molecule has 132 valence electrons. The van der Waals surface area contributed by atoms with E-state index in [1.54, 1.807) is 24.3 Å². The molecule has 1 amide bonds. The van der Waals surface area contributed by atoms with Crippen LogP contribution in [-0.2, 0) is 0 Å². The van der Waals surface area contributed by atoms with Gasteiger partial charge in [0.1, 0.15) is 5.82 Å². The van der Waals surface area contributed by atoms with Crippen molar-refractivity contribution in [3.8, 4) is 0 Å². The summed E-state index contributed by atoms with van der Waals surface area (Å²) in [6.45, 7) is 4.31. The van der Waals surface area contributed by atoms with E-state index in [0.29, 0.717) is 18.5 Å². The first-order chi connectivity index (χ1) is 11.8. The summed E-state index contributed by atoms with van der Waals surface area (Å²) in [6.07, 6.45) is 0.559. The second-order valence-corrected chi connectivity index (χ2v) is 6.70. The molecule has 5 heteroatoms. The Labute approximate surface area is 146 Å². The average molecular weight is 343 g/mol. The van der Waals surface area contributed by atoms with E-state index < -0.39 is 5.82 Å². The maximum atomic E-state index is 13.0. The lowest BCUT2D eigenvalue weighted by molar-refractivity contribution is 0.0919. The molecule has 0 aromatic heterocycles. The van der Waals surface area contributed by atoms with Gasteiger partial charge in [0.2, 0.25) is 0 Å². The highest BCUT2D eigenvalue weighted by molar-refractivity contribution is 6.15. The summed E-state index contributed by atoms with van der Waals surface area (Å²) in [5, 5.41) is 11.9. The number of benzene rings is 2. The van der Waals surface area contributed by atoms with Gasteiger partial charge in [0.25, 0.3) is 5.91 Å². The van der Waals surface area contributed by atoms with Crippen LogP contribution in [0.1, 0.15) is 46.5 Å². The fourth-order valence-corrected chi connectivity index (χ4v) is 2.44. The fourth-order valence-electron chi connectivity index (χ4n) is 2.44. The van der Waals surface area contributed by atoms with Crippen molar-refractivity contribution in [2.24, 2.45) is 5.41 Å². The lowest BCUT2D eigenvalue weighted by Crippen LogP contribution is -2.35. The van der Waals surface area contributed by atoms with Crippen LogP contribution in [0.25, 0.3) is 0 Å². The first kappa shape index (κ1) is 18.8. The van der Waals surface area contributed by atoms with Crippen LogP contribution in [0.5, 0.6) is 0 Å². The summed E-state index contributed by atoms with van der Waals surface area (Å²) in [7, 11) is 0. The molecule has 2 aromatic rings. The Morgan fingerprint density at radius 3 is 2.24 bits per heavy atom. The topological polar surface area (TPSA) is 66.4 Å². The predicted octanol–water partition coefficient (Wildman–Crippen LogP) is 3.20. The zero-order valence-corrected chi connectivity index (χ0v) is 14.4. The van der Waals surface area contributed by atoms with Gasteiger partial charge in [-0.05, 0) is 42.2 Å². The van der Waals surface area contributed by atoms with Gasteiger partial charge in [-0.25, -0.2) is 4.39 Å². The van der Waals surface area contributed by atoms with E-state index in [-0.39, 0.29) is 34.8 Å². The van der Waals surface area contributed by atoms with Crippen molar-refractivity contribution in [2.45, 2.75) is 20.3 Å². The summed E-state index contributed by atoms with van der Waals surface area (Å²) < 4.78 is 13.0. The summed E-state index contributed by atoms with van der Waals surface area (Å²) in [5.41, 5.74) is 0.616. The van der Waals surface area contributed by atoms with Crippen LogP contribution >= 0.6 is 0 Å². The van der Waals surface area contributed by atoms with Gasteiger partial charge in [-0.15, -0.1) is 0 Å². The highest BCUT2D eigenvalue weighted by Crippen LogP contribution is 2.19. The Balaban J connectivity index is 2.21. The van der Waals surface area contributed by atoms with Gasteiger partial charge in [-0.3, -0.25) is 9.59 Å². The van der Waals surface area contributed by atoms with Crippen LogP contribution in [0.4, 0.5) is 4.39 Å². The van der Waals surface area contributed by atoms with Crippen molar-refractivity contribution >= 4 is 11.7 Å². The zero-order valence-electron chi connectivity index (χ0n) is 14.4. The second kappa shape index (κ2) is 8.03. The molecule has 2 aromatic carbocycles. The molecule has 0 aliphatic rings. The SMILES string of the molecule is CC(C)(CCO)CNC(=O)c1ccccc1C(=O)c1ccc(F)cc1. The second-order valence-electron chi connectivity index (χ2n) is 6.70. The molecular weight excluding hydrogens is 321 g/mol. The number of rotatable bonds is 7. The van der Waals surface area contributed by atoms with Crippen LogP contribution < -0.4 is 5.32 Å². The smallest absolute Gasteiger partial charge is 0.252 e. The van der Waals surface area contributed by atoms with Gasteiger partial charge in [-0.1, -0.05) is 32.0 Å². The van der Waals surface area contributed by atoms with Crippen molar-refractivity contribution in [3.05, 3.63) is 71.0 Å².